The molecular formula is C22H20ClN5O. The number of halogens is 1. The van der Waals surface area contributed by atoms with Gasteiger partial charge in [0.2, 0.25) is 5.95 Å². The van der Waals surface area contributed by atoms with E-state index in [1.807, 2.05) is 18.3 Å². The second kappa shape index (κ2) is 7.37. The van der Waals surface area contributed by atoms with E-state index in [1.54, 1.807) is 13.3 Å². The SMILES string of the molecule is COc1cc2c(cc1Nc1ncc(Cl)c(N3CCc4ccccc43)n1)C=NCC2. The maximum absolute atomic E-state index is 6.46. The maximum Gasteiger partial charge on any atom is 0.229 e. The highest BCUT2D eigenvalue weighted by Gasteiger charge is 2.23. The molecule has 1 aromatic heterocycles. The first-order chi connectivity index (χ1) is 14.2. The highest BCUT2D eigenvalue weighted by Crippen LogP contribution is 2.38. The van der Waals surface area contributed by atoms with Crippen molar-refractivity contribution in [2.24, 2.45) is 4.99 Å². The molecule has 0 saturated heterocycles. The van der Waals surface area contributed by atoms with Gasteiger partial charge >= 0.3 is 0 Å². The van der Waals surface area contributed by atoms with Crippen LogP contribution in [0, 0.1) is 0 Å². The smallest absolute Gasteiger partial charge is 0.229 e. The van der Waals surface area contributed by atoms with Gasteiger partial charge in [-0.3, -0.25) is 4.99 Å². The van der Waals surface area contributed by atoms with Crippen molar-refractivity contribution in [2.75, 3.05) is 30.4 Å². The van der Waals surface area contributed by atoms with E-state index >= 15 is 0 Å². The average Bonchev–Trinajstić information content (AvgIpc) is 3.18. The Morgan fingerprint density at radius 3 is 2.93 bits per heavy atom. The number of nitrogens with zero attached hydrogens (tertiary/aromatic N) is 4. The molecule has 0 radical (unpaired) electrons. The second-order valence-corrected chi connectivity index (χ2v) is 7.46. The number of benzene rings is 2. The van der Waals surface area contributed by atoms with Gasteiger partial charge in [-0.05, 0) is 47.7 Å². The highest BCUT2D eigenvalue weighted by molar-refractivity contribution is 6.33. The molecule has 0 aliphatic carbocycles. The summed E-state index contributed by atoms with van der Waals surface area (Å²) in [5.41, 5.74) is 5.56. The molecular weight excluding hydrogens is 386 g/mol. The van der Waals surface area contributed by atoms with Gasteiger partial charge in [-0.2, -0.15) is 4.98 Å². The molecule has 0 saturated carbocycles. The Kier molecular flexibility index (Phi) is 4.56. The van der Waals surface area contributed by atoms with E-state index in [1.165, 1.54) is 11.1 Å². The quantitative estimate of drug-likeness (QED) is 0.689. The van der Waals surface area contributed by atoms with Crippen molar-refractivity contribution >= 4 is 41.0 Å². The van der Waals surface area contributed by atoms with Crippen LogP contribution in [0.2, 0.25) is 5.02 Å². The third-order valence-electron chi connectivity index (χ3n) is 5.32. The average molecular weight is 406 g/mol. The van der Waals surface area contributed by atoms with E-state index < -0.39 is 0 Å². The zero-order chi connectivity index (χ0) is 19.8. The first kappa shape index (κ1) is 17.9. The fourth-order valence-corrected chi connectivity index (χ4v) is 4.07. The van der Waals surface area contributed by atoms with Gasteiger partial charge in [-0.1, -0.05) is 29.8 Å². The van der Waals surface area contributed by atoms with Gasteiger partial charge in [0, 0.05) is 25.0 Å². The van der Waals surface area contributed by atoms with Gasteiger partial charge in [0.1, 0.15) is 10.8 Å². The van der Waals surface area contributed by atoms with E-state index in [0.717, 1.165) is 48.6 Å². The van der Waals surface area contributed by atoms with Crippen LogP contribution in [-0.2, 0) is 12.8 Å². The molecule has 146 valence electrons. The molecule has 0 fully saturated rings. The Morgan fingerprint density at radius 2 is 2.03 bits per heavy atom. The predicted octanol–water partition coefficient (Wildman–Crippen LogP) is 4.55. The standard InChI is InChI=1S/C22H20ClN5O/c1-29-20-11-15-6-8-24-12-16(15)10-18(20)26-22-25-13-17(23)21(27-22)28-9-7-14-4-2-3-5-19(14)28/h2-5,10-13H,6-9H2,1H3,(H,25,26,27). The van der Waals surface area contributed by atoms with Crippen molar-refractivity contribution in [1.29, 1.82) is 0 Å². The monoisotopic (exact) mass is 405 g/mol. The van der Waals surface area contributed by atoms with Crippen molar-refractivity contribution in [3.05, 3.63) is 64.3 Å². The molecule has 0 amide bonds. The van der Waals surface area contributed by atoms with Crippen LogP contribution >= 0.6 is 11.6 Å². The third-order valence-corrected chi connectivity index (χ3v) is 5.58. The normalized spacial score (nSPS) is 14.5. The molecule has 7 heteroatoms. The van der Waals surface area contributed by atoms with Crippen LogP contribution in [0.4, 0.5) is 23.1 Å². The Balaban J connectivity index is 1.50. The molecule has 2 aliphatic heterocycles. The number of para-hydroxylation sites is 1. The third kappa shape index (κ3) is 3.29. The molecule has 5 rings (SSSR count). The van der Waals surface area contributed by atoms with Crippen LogP contribution in [-0.4, -0.2) is 36.4 Å². The van der Waals surface area contributed by atoms with E-state index in [0.29, 0.717) is 16.8 Å². The van der Waals surface area contributed by atoms with Crippen LogP contribution in [0.15, 0.2) is 47.6 Å². The molecule has 6 nitrogen and oxygen atoms in total. The van der Waals surface area contributed by atoms with Crippen LogP contribution in [0.3, 0.4) is 0 Å². The summed E-state index contributed by atoms with van der Waals surface area (Å²) in [4.78, 5) is 15.6. The summed E-state index contributed by atoms with van der Waals surface area (Å²) < 4.78 is 5.58. The number of rotatable bonds is 4. The molecule has 1 N–H and O–H groups in total. The number of nitrogens with one attached hydrogen (secondary N) is 1. The van der Waals surface area contributed by atoms with Gasteiger partial charge in [0.15, 0.2) is 5.82 Å². The minimum absolute atomic E-state index is 0.472. The Labute approximate surface area is 174 Å². The fraction of sp³-hybridized carbons (Fsp3) is 0.227. The van der Waals surface area contributed by atoms with Gasteiger partial charge in [0.05, 0.1) is 19.0 Å². The van der Waals surface area contributed by atoms with Gasteiger partial charge < -0.3 is 15.0 Å². The first-order valence-electron chi connectivity index (χ1n) is 9.58. The minimum atomic E-state index is 0.472. The van der Waals surface area contributed by atoms with E-state index in [9.17, 15) is 0 Å². The second-order valence-electron chi connectivity index (χ2n) is 7.06. The summed E-state index contributed by atoms with van der Waals surface area (Å²) in [5, 5.41) is 3.82. The molecule has 0 bridgehead atoms. The van der Waals surface area contributed by atoms with Gasteiger partial charge in [-0.15, -0.1) is 0 Å². The topological polar surface area (TPSA) is 62.6 Å². The van der Waals surface area contributed by atoms with Crippen molar-refractivity contribution < 1.29 is 4.74 Å². The number of hydrogen-bond donors (Lipinski definition) is 1. The molecule has 29 heavy (non-hydrogen) atoms. The number of fused-ring (bicyclic) bond motifs is 2. The lowest BCUT2D eigenvalue weighted by molar-refractivity contribution is 0.416. The van der Waals surface area contributed by atoms with Crippen LogP contribution in [0.5, 0.6) is 5.75 Å². The van der Waals surface area contributed by atoms with Crippen molar-refractivity contribution in [3.63, 3.8) is 0 Å². The Hall–Kier alpha value is -3.12. The van der Waals surface area contributed by atoms with E-state index in [4.69, 9.17) is 21.3 Å². The molecule has 2 aliphatic rings. The number of anilines is 4. The number of hydrogen-bond acceptors (Lipinski definition) is 6. The lowest BCUT2D eigenvalue weighted by Gasteiger charge is -2.21. The minimum Gasteiger partial charge on any atom is -0.495 e. The molecule has 0 unspecified atom stereocenters. The first-order valence-corrected chi connectivity index (χ1v) is 9.96. The molecule has 3 aromatic rings. The van der Waals surface area contributed by atoms with Crippen LogP contribution in [0.1, 0.15) is 16.7 Å². The zero-order valence-corrected chi connectivity index (χ0v) is 16.8. The molecule has 0 spiro atoms. The Bertz CT molecular complexity index is 1110. The zero-order valence-electron chi connectivity index (χ0n) is 16.0. The van der Waals surface area contributed by atoms with E-state index in [-0.39, 0.29) is 0 Å². The lowest BCUT2D eigenvalue weighted by Crippen LogP contribution is -2.16. The summed E-state index contributed by atoms with van der Waals surface area (Å²) >= 11 is 6.46. The summed E-state index contributed by atoms with van der Waals surface area (Å²) in [6, 6.07) is 12.4. The predicted molar refractivity (Wildman–Crippen MR) is 117 cm³/mol. The summed E-state index contributed by atoms with van der Waals surface area (Å²) in [6.45, 7) is 1.65. The lowest BCUT2D eigenvalue weighted by atomic mass is 10.0. The fourth-order valence-electron chi connectivity index (χ4n) is 3.88. The van der Waals surface area contributed by atoms with Crippen LogP contribution in [0.25, 0.3) is 0 Å². The highest BCUT2D eigenvalue weighted by atomic mass is 35.5. The number of aliphatic imine (C=N–C) groups is 1. The molecule has 3 heterocycles. The van der Waals surface area contributed by atoms with Crippen LogP contribution < -0.4 is 15.0 Å². The number of methoxy groups -OCH3 is 1. The number of ether oxygens (including phenoxy) is 1. The summed E-state index contributed by atoms with van der Waals surface area (Å²) in [6.07, 6.45) is 5.42. The van der Waals surface area contributed by atoms with Crippen molar-refractivity contribution in [2.45, 2.75) is 12.8 Å². The number of aromatic nitrogens is 2. The molecule has 0 atom stereocenters. The summed E-state index contributed by atoms with van der Waals surface area (Å²) in [7, 11) is 1.67. The van der Waals surface area contributed by atoms with Gasteiger partial charge in [-0.25, -0.2) is 4.98 Å². The summed E-state index contributed by atoms with van der Waals surface area (Å²) in [5.74, 6) is 1.93. The van der Waals surface area contributed by atoms with E-state index in [2.05, 4.69) is 44.5 Å². The van der Waals surface area contributed by atoms with Crippen molar-refractivity contribution in [1.82, 2.24) is 9.97 Å². The largest absolute Gasteiger partial charge is 0.495 e. The van der Waals surface area contributed by atoms with Gasteiger partial charge in [0.25, 0.3) is 0 Å². The van der Waals surface area contributed by atoms with Crippen molar-refractivity contribution in [3.8, 4) is 5.75 Å². The Morgan fingerprint density at radius 1 is 1.14 bits per heavy atom. The maximum atomic E-state index is 6.46. The molecule has 2 aromatic carbocycles.